The van der Waals surface area contributed by atoms with Gasteiger partial charge >= 0.3 is 5.69 Å². The standard InChI is InChI=1S/C20H18N6O5/c1-25-16-9-22-20(23-11-4-10(21)5-12(6-11)30-2)24-18(16)13-8-17(31-3)15(26(28)29)7-14(13)19(25)27/h4-9H,21H2,1-3H3,(H,22,23,24). The summed E-state index contributed by atoms with van der Waals surface area (Å²) < 4.78 is 11.7. The summed E-state index contributed by atoms with van der Waals surface area (Å²) in [5.74, 6) is 0.839. The van der Waals surface area contributed by atoms with Gasteiger partial charge in [-0.1, -0.05) is 0 Å². The van der Waals surface area contributed by atoms with E-state index in [1.54, 1.807) is 25.2 Å². The molecule has 3 N–H and O–H groups in total. The van der Waals surface area contributed by atoms with Crippen LogP contribution in [0.25, 0.3) is 21.8 Å². The molecule has 0 saturated heterocycles. The molecule has 0 aliphatic heterocycles. The summed E-state index contributed by atoms with van der Waals surface area (Å²) in [4.78, 5) is 32.4. The molecule has 2 aromatic carbocycles. The topological polar surface area (TPSA) is 147 Å². The average Bonchev–Trinajstić information content (AvgIpc) is 2.75. The predicted molar refractivity (Wildman–Crippen MR) is 116 cm³/mol. The van der Waals surface area contributed by atoms with Crippen LogP contribution in [0.15, 0.2) is 41.3 Å². The van der Waals surface area contributed by atoms with Crippen molar-refractivity contribution in [3.05, 3.63) is 57.0 Å². The zero-order valence-corrected chi connectivity index (χ0v) is 16.9. The van der Waals surface area contributed by atoms with Crippen LogP contribution in [0.3, 0.4) is 0 Å². The maximum Gasteiger partial charge on any atom is 0.311 e. The Labute approximate surface area is 175 Å². The summed E-state index contributed by atoms with van der Waals surface area (Å²) in [6.07, 6.45) is 1.50. The number of rotatable bonds is 5. The maximum absolute atomic E-state index is 12.8. The Morgan fingerprint density at radius 2 is 1.90 bits per heavy atom. The number of nitro benzene ring substituents is 1. The number of nitrogens with one attached hydrogen (secondary N) is 1. The molecule has 0 bridgehead atoms. The van der Waals surface area contributed by atoms with E-state index in [1.807, 2.05) is 0 Å². The van der Waals surface area contributed by atoms with Crippen LogP contribution < -0.4 is 26.1 Å². The van der Waals surface area contributed by atoms with Gasteiger partial charge in [0.2, 0.25) is 5.95 Å². The molecule has 0 spiro atoms. The highest BCUT2D eigenvalue weighted by Gasteiger charge is 2.20. The van der Waals surface area contributed by atoms with E-state index < -0.39 is 10.5 Å². The van der Waals surface area contributed by atoms with Gasteiger partial charge in [0.15, 0.2) is 5.75 Å². The van der Waals surface area contributed by atoms with Gasteiger partial charge in [-0.15, -0.1) is 0 Å². The van der Waals surface area contributed by atoms with Crippen molar-refractivity contribution >= 4 is 44.8 Å². The fraction of sp³-hybridized carbons (Fsp3) is 0.150. The second kappa shape index (κ2) is 7.44. The number of pyridine rings is 1. The normalized spacial score (nSPS) is 10.9. The third-order valence-electron chi connectivity index (χ3n) is 4.86. The Morgan fingerprint density at radius 3 is 2.58 bits per heavy atom. The van der Waals surface area contributed by atoms with Crippen LogP contribution in [0.2, 0.25) is 0 Å². The molecule has 11 heteroatoms. The van der Waals surface area contributed by atoms with Crippen molar-refractivity contribution in [1.82, 2.24) is 14.5 Å². The quantitative estimate of drug-likeness (QED) is 0.214. The number of nitrogens with two attached hydrogens (primary N) is 1. The zero-order valence-electron chi connectivity index (χ0n) is 16.9. The molecule has 0 fully saturated rings. The lowest BCUT2D eigenvalue weighted by molar-refractivity contribution is -0.385. The minimum absolute atomic E-state index is 0.0285. The van der Waals surface area contributed by atoms with Crippen LogP contribution in [0.1, 0.15) is 0 Å². The van der Waals surface area contributed by atoms with Crippen molar-refractivity contribution in [2.75, 3.05) is 25.3 Å². The van der Waals surface area contributed by atoms with Gasteiger partial charge in [-0.2, -0.15) is 0 Å². The van der Waals surface area contributed by atoms with Gasteiger partial charge in [0.05, 0.1) is 36.2 Å². The van der Waals surface area contributed by atoms with E-state index in [9.17, 15) is 14.9 Å². The first-order valence-corrected chi connectivity index (χ1v) is 9.06. The second-order valence-corrected chi connectivity index (χ2v) is 6.74. The van der Waals surface area contributed by atoms with E-state index in [-0.39, 0.29) is 22.8 Å². The van der Waals surface area contributed by atoms with Crippen molar-refractivity contribution in [3.8, 4) is 11.5 Å². The summed E-state index contributed by atoms with van der Waals surface area (Å²) in [7, 11) is 4.41. The molecule has 4 aromatic rings. The fourth-order valence-electron chi connectivity index (χ4n) is 3.36. The molecule has 158 valence electrons. The SMILES string of the molecule is COc1cc(N)cc(Nc2ncc3c(n2)c2cc(OC)c([N+](=O)[O-])cc2c(=O)n3C)c1. The number of anilines is 3. The number of benzene rings is 2. The molecule has 2 aromatic heterocycles. The number of nitrogens with zero attached hydrogens (tertiary/aromatic N) is 4. The number of nitro groups is 1. The molecule has 0 unspecified atom stereocenters. The van der Waals surface area contributed by atoms with Gasteiger partial charge in [-0.25, -0.2) is 9.97 Å². The Kier molecular flexibility index (Phi) is 4.78. The van der Waals surface area contributed by atoms with E-state index in [0.29, 0.717) is 33.5 Å². The number of fused-ring (bicyclic) bond motifs is 3. The smallest absolute Gasteiger partial charge is 0.311 e. The number of hydrogen-bond acceptors (Lipinski definition) is 9. The number of aryl methyl sites for hydroxylation is 1. The van der Waals surface area contributed by atoms with Crippen molar-refractivity contribution in [3.63, 3.8) is 0 Å². The lowest BCUT2D eigenvalue weighted by Crippen LogP contribution is -2.18. The summed E-state index contributed by atoms with van der Waals surface area (Å²) >= 11 is 0. The van der Waals surface area contributed by atoms with Crippen LogP contribution in [-0.2, 0) is 7.05 Å². The second-order valence-electron chi connectivity index (χ2n) is 6.74. The molecule has 0 saturated carbocycles. The number of aromatic nitrogens is 3. The molecule has 0 aliphatic rings. The lowest BCUT2D eigenvalue weighted by atomic mass is 10.1. The predicted octanol–water partition coefficient (Wildman–Crippen LogP) is 2.73. The van der Waals surface area contributed by atoms with Gasteiger partial charge in [-0.05, 0) is 12.1 Å². The Balaban J connectivity index is 1.95. The minimum atomic E-state index is -0.595. The first-order valence-electron chi connectivity index (χ1n) is 9.06. The van der Waals surface area contributed by atoms with Crippen molar-refractivity contribution in [2.24, 2.45) is 7.05 Å². The van der Waals surface area contributed by atoms with Gasteiger partial charge in [0.1, 0.15) is 11.3 Å². The van der Waals surface area contributed by atoms with Crippen LogP contribution in [-0.4, -0.2) is 33.7 Å². The van der Waals surface area contributed by atoms with Crippen LogP contribution >= 0.6 is 0 Å². The van der Waals surface area contributed by atoms with Crippen molar-refractivity contribution in [1.29, 1.82) is 0 Å². The molecule has 0 radical (unpaired) electrons. The first kappa shape index (κ1) is 19.9. The van der Waals surface area contributed by atoms with E-state index in [1.165, 1.54) is 37.1 Å². The zero-order chi connectivity index (χ0) is 22.3. The summed E-state index contributed by atoms with van der Waals surface area (Å²) in [6.45, 7) is 0. The summed E-state index contributed by atoms with van der Waals surface area (Å²) in [5, 5.41) is 15.0. The number of ether oxygens (including phenoxy) is 2. The van der Waals surface area contributed by atoms with E-state index >= 15 is 0 Å². The Hall–Kier alpha value is -4.41. The van der Waals surface area contributed by atoms with Crippen molar-refractivity contribution in [2.45, 2.75) is 0 Å². The number of hydrogen-bond donors (Lipinski definition) is 2. The van der Waals surface area contributed by atoms with Gasteiger partial charge < -0.3 is 25.1 Å². The first-order chi connectivity index (χ1) is 14.8. The highest BCUT2D eigenvalue weighted by atomic mass is 16.6. The largest absolute Gasteiger partial charge is 0.497 e. The molecule has 0 atom stereocenters. The molecular weight excluding hydrogens is 404 g/mol. The van der Waals surface area contributed by atoms with Gasteiger partial charge in [-0.3, -0.25) is 14.9 Å². The summed E-state index contributed by atoms with van der Waals surface area (Å²) in [6, 6.07) is 7.75. The molecular formula is C20H18N6O5. The third-order valence-corrected chi connectivity index (χ3v) is 4.86. The number of methoxy groups -OCH3 is 2. The molecule has 31 heavy (non-hydrogen) atoms. The van der Waals surface area contributed by atoms with E-state index in [0.717, 1.165) is 0 Å². The van der Waals surface area contributed by atoms with Gasteiger partial charge in [0, 0.05) is 42.0 Å². The number of nitrogen functional groups attached to an aromatic ring is 1. The van der Waals surface area contributed by atoms with Gasteiger partial charge in [0.25, 0.3) is 5.56 Å². The molecule has 4 rings (SSSR count). The molecule has 0 amide bonds. The molecule has 11 nitrogen and oxygen atoms in total. The lowest BCUT2D eigenvalue weighted by Gasteiger charge is -2.12. The van der Waals surface area contributed by atoms with Crippen LogP contribution in [0.4, 0.5) is 23.0 Å². The fourth-order valence-corrected chi connectivity index (χ4v) is 3.36. The average molecular weight is 422 g/mol. The molecule has 0 aliphatic carbocycles. The maximum atomic E-state index is 12.8. The Bertz CT molecular complexity index is 1420. The molecule has 2 heterocycles. The van der Waals surface area contributed by atoms with E-state index in [2.05, 4.69) is 15.3 Å². The monoisotopic (exact) mass is 422 g/mol. The highest BCUT2D eigenvalue weighted by Crippen LogP contribution is 2.33. The highest BCUT2D eigenvalue weighted by molar-refractivity contribution is 6.05. The minimum Gasteiger partial charge on any atom is -0.497 e. The Morgan fingerprint density at radius 1 is 1.13 bits per heavy atom. The van der Waals surface area contributed by atoms with E-state index in [4.69, 9.17) is 15.2 Å². The van der Waals surface area contributed by atoms with Crippen LogP contribution in [0.5, 0.6) is 11.5 Å². The van der Waals surface area contributed by atoms with Crippen LogP contribution in [0, 0.1) is 10.1 Å². The summed E-state index contributed by atoms with van der Waals surface area (Å²) in [5.41, 5.74) is 7.18. The van der Waals surface area contributed by atoms with Crippen molar-refractivity contribution < 1.29 is 14.4 Å². The third kappa shape index (κ3) is 3.41.